The van der Waals surface area contributed by atoms with Crippen LogP contribution in [0.25, 0.3) is 11.1 Å². The molecule has 7 nitrogen and oxygen atoms in total. The number of carbonyl (C=O) groups is 3. The third-order valence-electron chi connectivity index (χ3n) is 7.07. The van der Waals surface area contributed by atoms with Crippen LogP contribution in [-0.2, 0) is 16.0 Å². The first kappa shape index (κ1) is 31.6. The smallest absolute Gasteiger partial charge is 0.411 e. The van der Waals surface area contributed by atoms with Crippen molar-refractivity contribution in [3.63, 3.8) is 0 Å². The molecule has 1 saturated heterocycles. The molecule has 0 atom stereocenters. The monoisotopic (exact) mass is 675 g/mol. The van der Waals surface area contributed by atoms with Gasteiger partial charge in [0.1, 0.15) is 6.10 Å². The Balaban J connectivity index is 0.00000441. The van der Waals surface area contributed by atoms with Gasteiger partial charge in [-0.2, -0.15) is 0 Å². The molecule has 2 N–H and O–H groups in total. The van der Waals surface area contributed by atoms with Crippen molar-refractivity contribution >= 4 is 41.3 Å². The highest BCUT2D eigenvalue weighted by Gasteiger charge is 2.28. The number of quaternary nitrogens is 1. The number of likely N-dealkylation sites (tertiary alicyclic amines) is 1. The summed E-state index contributed by atoms with van der Waals surface area (Å²) in [7, 11) is 4.39. The SMILES string of the molecule is C[N+]1(C)CCC(OC(=O)Nc2cc(CCCC(=O)Nc3ccc(C=O)c(Cl)c3)ccc2-c2ccccc2)CC1.[I-]. The lowest BCUT2D eigenvalue weighted by Gasteiger charge is -2.36. The zero-order chi connectivity index (χ0) is 27.8. The molecule has 0 spiro atoms. The summed E-state index contributed by atoms with van der Waals surface area (Å²) in [6.07, 6.45) is 3.44. The summed E-state index contributed by atoms with van der Waals surface area (Å²) in [5, 5.41) is 6.10. The summed E-state index contributed by atoms with van der Waals surface area (Å²) < 4.78 is 6.71. The third-order valence-corrected chi connectivity index (χ3v) is 7.40. The van der Waals surface area contributed by atoms with Crippen LogP contribution in [0.1, 0.15) is 41.6 Å². The van der Waals surface area contributed by atoms with E-state index in [1.807, 2.05) is 48.5 Å². The van der Waals surface area contributed by atoms with E-state index in [9.17, 15) is 14.4 Å². The maximum atomic E-state index is 12.9. The normalized spacial score (nSPS) is 14.5. The molecule has 212 valence electrons. The van der Waals surface area contributed by atoms with Crippen molar-refractivity contribution in [3.05, 3.63) is 82.9 Å². The first-order valence-corrected chi connectivity index (χ1v) is 13.6. The van der Waals surface area contributed by atoms with Crippen molar-refractivity contribution in [3.8, 4) is 11.1 Å². The molecular formula is C31H35ClIN3O4. The van der Waals surface area contributed by atoms with Crippen molar-refractivity contribution in [2.45, 2.75) is 38.2 Å². The van der Waals surface area contributed by atoms with Crippen molar-refractivity contribution < 1.29 is 47.6 Å². The maximum Gasteiger partial charge on any atom is 0.411 e. The van der Waals surface area contributed by atoms with Gasteiger partial charge in [-0.3, -0.25) is 14.9 Å². The molecule has 1 aliphatic heterocycles. The van der Waals surface area contributed by atoms with Crippen LogP contribution < -0.4 is 34.6 Å². The Kier molecular flexibility index (Phi) is 11.5. The molecule has 1 heterocycles. The predicted octanol–water partition coefficient (Wildman–Crippen LogP) is 3.57. The highest BCUT2D eigenvalue weighted by Crippen LogP contribution is 2.30. The average Bonchev–Trinajstić information content (AvgIpc) is 2.91. The number of piperidine rings is 1. The molecule has 0 saturated carbocycles. The molecule has 0 aromatic heterocycles. The van der Waals surface area contributed by atoms with Gasteiger partial charge in [-0.1, -0.05) is 54.1 Å². The summed E-state index contributed by atoms with van der Waals surface area (Å²) in [4.78, 5) is 36.2. The van der Waals surface area contributed by atoms with Crippen LogP contribution in [0.4, 0.5) is 16.2 Å². The minimum Gasteiger partial charge on any atom is -1.00 e. The van der Waals surface area contributed by atoms with Gasteiger partial charge < -0.3 is 38.5 Å². The second kappa shape index (κ2) is 14.6. The fourth-order valence-electron chi connectivity index (χ4n) is 4.75. The van der Waals surface area contributed by atoms with E-state index in [4.69, 9.17) is 16.3 Å². The fourth-order valence-corrected chi connectivity index (χ4v) is 4.97. The maximum absolute atomic E-state index is 12.9. The average molecular weight is 676 g/mol. The van der Waals surface area contributed by atoms with Crippen molar-refractivity contribution in [2.24, 2.45) is 0 Å². The van der Waals surface area contributed by atoms with Gasteiger partial charge in [-0.25, -0.2) is 4.79 Å². The zero-order valence-electron chi connectivity index (χ0n) is 22.8. The largest absolute Gasteiger partial charge is 1.00 e. The lowest BCUT2D eigenvalue weighted by molar-refractivity contribution is -0.896. The van der Waals surface area contributed by atoms with Crippen LogP contribution >= 0.6 is 11.6 Å². The summed E-state index contributed by atoms with van der Waals surface area (Å²) >= 11 is 6.05. The van der Waals surface area contributed by atoms with Gasteiger partial charge in [0, 0.05) is 36.1 Å². The van der Waals surface area contributed by atoms with Crippen molar-refractivity contribution in [1.29, 1.82) is 0 Å². The Hall–Kier alpha value is -2.95. The first-order valence-electron chi connectivity index (χ1n) is 13.2. The number of hydrogen-bond acceptors (Lipinski definition) is 4. The van der Waals surface area contributed by atoms with E-state index in [-0.39, 0.29) is 36.0 Å². The number of nitrogens with zero attached hydrogens (tertiary/aromatic N) is 1. The number of benzene rings is 3. The molecular weight excluding hydrogens is 641 g/mol. The first-order chi connectivity index (χ1) is 18.7. The van der Waals surface area contributed by atoms with E-state index in [0.29, 0.717) is 47.5 Å². The standard InChI is InChI=1S/C31H34ClN3O4.HI/c1-35(2)17-15-26(16-18-35)39-31(38)34-29-19-22(11-14-27(29)23-8-4-3-5-9-23)7-6-10-30(37)33-25-13-12-24(21-36)28(32)20-25;/h3-5,8-9,11-14,19-21,26H,6-7,10,15-18H2,1-2H3,(H-,33,34,36,37,38);1H. The van der Waals surface area contributed by atoms with Gasteiger partial charge in [0.2, 0.25) is 5.91 Å². The summed E-state index contributed by atoms with van der Waals surface area (Å²) in [6, 6.07) is 20.7. The molecule has 1 fully saturated rings. The van der Waals surface area contributed by atoms with Gasteiger partial charge in [0.05, 0.1) is 37.9 Å². The van der Waals surface area contributed by atoms with Gasteiger partial charge in [0.25, 0.3) is 0 Å². The summed E-state index contributed by atoms with van der Waals surface area (Å²) in [5.41, 5.74) is 4.52. The number of rotatable bonds is 9. The highest BCUT2D eigenvalue weighted by molar-refractivity contribution is 6.33. The van der Waals surface area contributed by atoms with Crippen LogP contribution in [0.5, 0.6) is 0 Å². The quantitative estimate of drug-likeness (QED) is 0.207. The number of halogens is 2. The molecule has 0 bridgehead atoms. The van der Waals surface area contributed by atoms with E-state index in [2.05, 4.69) is 24.7 Å². The second-order valence-corrected chi connectivity index (χ2v) is 11.0. The minimum atomic E-state index is -0.444. The van der Waals surface area contributed by atoms with Gasteiger partial charge in [-0.15, -0.1) is 0 Å². The molecule has 40 heavy (non-hydrogen) atoms. The van der Waals surface area contributed by atoms with Crippen LogP contribution in [0.3, 0.4) is 0 Å². The van der Waals surface area contributed by atoms with E-state index in [1.54, 1.807) is 18.2 Å². The van der Waals surface area contributed by atoms with Crippen LogP contribution in [0, 0.1) is 0 Å². The Bertz CT molecular complexity index is 1320. The number of amides is 2. The number of ether oxygens (including phenoxy) is 1. The van der Waals surface area contributed by atoms with Crippen molar-refractivity contribution in [2.75, 3.05) is 37.8 Å². The van der Waals surface area contributed by atoms with Crippen LogP contribution in [0.2, 0.25) is 5.02 Å². The molecule has 1 aliphatic rings. The van der Waals surface area contributed by atoms with Crippen LogP contribution in [-0.4, -0.2) is 56.1 Å². The van der Waals surface area contributed by atoms with E-state index >= 15 is 0 Å². The Morgan fingerprint density at radius 1 is 1.00 bits per heavy atom. The topological polar surface area (TPSA) is 84.5 Å². The lowest BCUT2D eigenvalue weighted by Crippen LogP contribution is -3.00. The fraction of sp³-hybridized carbons (Fsp3) is 0.323. The molecule has 0 aliphatic carbocycles. The molecule has 9 heteroatoms. The number of aldehydes is 1. The number of carbonyl (C=O) groups excluding carboxylic acids is 3. The van der Waals surface area contributed by atoms with Gasteiger partial charge in [0.15, 0.2) is 6.29 Å². The third kappa shape index (κ3) is 9.04. The number of aryl methyl sites for hydroxylation is 1. The number of anilines is 2. The van der Waals surface area contributed by atoms with E-state index in [0.717, 1.165) is 47.1 Å². The second-order valence-electron chi connectivity index (χ2n) is 10.6. The predicted molar refractivity (Wildman–Crippen MR) is 155 cm³/mol. The van der Waals surface area contributed by atoms with Crippen LogP contribution in [0.15, 0.2) is 66.7 Å². The Labute approximate surface area is 257 Å². The van der Waals surface area contributed by atoms with Gasteiger partial charge in [-0.05, 0) is 48.2 Å². The van der Waals surface area contributed by atoms with Gasteiger partial charge >= 0.3 is 6.09 Å². The molecule has 2 amide bonds. The molecule has 4 rings (SSSR count). The summed E-state index contributed by atoms with van der Waals surface area (Å²) in [5.74, 6) is -0.137. The van der Waals surface area contributed by atoms with E-state index in [1.165, 1.54) is 0 Å². The lowest BCUT2D eigenvalue weighted by atomic mass is 9.99. The Morgan fingerprint density at radius 3 is 2.40 bits per heavy atom. The molecule has 0 unspecified atom stereocenters. The minimum absolute atomic E-state index is 0. The van der Waals surface area contributed by atoms with E-state index < -0.39 is 6.09 Å². The highest BCUT2D eigenvalue weighted by atomic mass is 127. The number of nitrogens with one attached hydrogen (secondary N) is 2. The molecule has 0 radical (unpaired) electrons. The molecule has 3 aromatic rings. The summed E-state index contributed by atoms with van der Waals surface area (Å²) in [6.45, 7) is 1.96. The molecule has 3 aromatic carbocycles. The number of hydrogen-bond donors (Lipinski definition) is 2. The zero-order valence-corrected chi connectivity index (χ0v) is 25.7. The Morgan fingerprint density at radius 2 is 1.73 bits per heavy atom. The van der Waals surface area contributed by atoms with Crippen molar-refractivity contribution in [1.82, 2.24) is 0 Å².